The van der Waals surface area contributed by atoms with Crippen molar-refractivity contribution in [2.24, 2.45) is 0 Å². The van der Waals surface area contributed by atoms with Crippen LogP contribution in [-0.4, -0.2) is 25.6 Å². The normalized spacial score (nSPS) is 10.1. The van der Waals surface area contributed by atoms with Crippen molar-refractivity contribution in [2.45, 2.75) is 13.3 Å². The van der Waals surface area contributed by atoms with Crippen molar-refractivity contribution in [3.05, 3.63) is 58.6 Å². The van der Waals surface area contributed by atoms with Crippen LogP contribution in [0.5, 0.6) is 5.75 Å². The first-order valence-corrected chi connectivity index (χ1v) is 7.74. The van der Waals surface area contributed by atoms with E-state index in [0.29, 0.717) is 22.0 Å². The molecule has 0 heterocycles. The van der Waals surface area contributed by atoms with Gasteiger partial charge in [-0.1, -0.05) is 23.2 Å². The van der Waals surface area contributed by atoms with Crippen LogP contribution >= 0.6 is 11.6 Å². The smallest absolute Gasteiger partial charge is 0.339 e. The second-order valence-electron chi connectivity index (χ2n) is 5.14. The Kier molecular flexibility index (Phi) is 6.21. The molecule has 0 bridgehead atoms. The number of anilines is 1. The second-order valence-corrected chi connectivity index (χ2v) is 5.58. The van der Waals surface area contributed by atoms with E-state index in [1.807, 2.05) is 13.0 Å². The Bertz CT molecular complexity index is 728. The molecule has 126 valence electrons. The molecule has 2 aromatic carbocycles. The van der Waals surface area contributed by atoms with Crippen molar-refractivity contribution in [2.75, 3.05) is 19.0 Å². The maximum Gasteiger partial charge on any atom is 0.339 e. The zero-order valence-electron chi connectivity index (χ0n) is 13.5. The number of hydrogen-bond acceptors (Lipinski definition) is 4. The van der Waals surface area contributed by atoms with Gasteiger partial charge in [0.25, 0.3) is 0 Å². The Morgan fingerprint density at radius 2 is 1.83 bits per heavy atom. The van der Waals surface area contributed by atoms with Crippen LogP contribution in [0.4, 0.5) is 5.69 Å². The lowest BCUT2D eigenvalue weighted by atomic mass is 10.1. The SMILES string of the molecule is COC(=O)c1cc(C)ccc1NC(=O)CCOc1ccc(Cl)cc1. The molecule has 0 aliphatic carbocycles. The van der Waals surface area contributed by atoms with Crippen LogP contribution in [0.15, 0.2) is 42.5 Å². The van der Waals surface area contributed by atoms with Crippen molar-refractivity contribution in [3.8, 4) is 5.75 Å². The summed E-state index contributed by atoms with van der Waals surface area (Å²) in [6, 6.07) is 12.1. The average molecular weight is 348 g/mol. The minimum Gasteiger partial charge on any atom is -0.493 e. The van der Waals surface area contributed by atoms with E-state index >= 15 is 0 Å². The van der Waals surface area contributed by atoms with Gasteiger partial charge in [-0.15, -0.1) is 0 Å². The number of amides is 1. The minimum atomic E-state index is -0.494. The van der Waals surface area contributed by atoms with Crippen molar-refractivity contribution in [1.29, 1.82) is 0 Å². The third-order valence-corrected chi connectivity index (χ3v) is 3.52. The molecule has 0 aliphatic heterocycles. The first-order valence-electron chi connectivity index (χ1n) is 7.37. The van der Waals surface area contributed by atoms with Crippen LogP contribution in [0.1, 0.15) is 22.3 Å². The zero-order chi connectivity index (χ0) is 17.5. The predicted octanol–water partition coefficient (Wildman–Crippen LogP) is 3.84. The van der Waals surface area contributed by atoms with E-state index < -0.39 is 5.97 Å². The highest BCUT2D eigenvalue weighted by Crippen LogP contribution is 2.19. The predicted molar refractivity (Wildman–Crippen MR) is 92.7 cm³/mol. The number of carbonyl (C=O) groups excluding carboxylic acids is 2. The van der Waals surface area contributed by atoms with Gasteiger partial charge in [-0.05, 0) is 43.3 Å². The Hall–Kier alpha value is -2.53. The maximum absolute atomic E-state index is 12.0. The van der Waals surface area contributed by atoms with Gasteiger partial charge in [-0.3, -0.25) is 4.79 Å². The van der Waals surface area contributed by atoms with Gasteiger partial charge >= 0.3 is 5.97 Å². The molecule has 0 unspecified atom stereocenters. The van der Waals surface area contributed by atoms with Crippen molar-refractivity contribution >= 4 is 29.2 Å². The molecule has 1 N–H and O–H groups in total. The summed E-state index contributed by atoms with van der Waals surface area (Å²) in [4.78, 5) is 23.8. The molecule has 0 aromatic heterocycles. The Morgan fingerprint density at radius 1 is 1.12 bits per heavy atom. The number of carbonyl (C=O) groups is 2. The largest absolute Gasteiger partial charge is 0.493 e. The minimum absolute atomic E-state index is 0.150. The zero-order valence-corrected chi connectivity index (χ0v) is 14.2. The lowest BCUT2D eigenvalue weighted by Gasteiger charge is -2.11. The summed E-state index contributed by atoms with van der Waals surface area (Å²) >= 11 is 5.79. The lowest BCUT2D eigenvalue weighted by molar-refractivity contribution is -0.116. The van der Waals surface area contributed by atoms with Crippen LogP contribution in [0, 0.1) is 6.92 Å². The number of ether oxygens (including phenoxy) is 2. The van der Waals surface area contributed by atoms with Crippen LogP contribution < -0.4 is 10.1 Å². The molecule has 0 saturated heterocycles. The van der Waals surface area contributed by atoms with Crippen molar-refractivity contribution < 1.29 is 19.1 Å². The summed E-state index contributed by atoms with van der Waals surface area (Å²) in [5.74, 6) is -0.109. The van der Waals surface area contributed by atoms with Gasteiger partial charge in [0.2, 0.25) is 5.91 Å². The molecular formula is C18H18ClNO4. The average Bonchev–Trinajstić information content (AvgIpc) is 2.57. The fourth-order valence-electron chi connectivity index (χ4n) is 2.05. The van der Waals surface area contributed by atoms with Crippen molar-refractivity contribution in [1.82, 2.24) is 0 Å². The fraction of sp³-hybridized carbons (Fsp3) is 0.222. The number of aryl methyl sites for hydroxylation is 1. The summed E-state index contributed by atoms with van der Waals surface area (Å²) in [7, 11) is 1.30. The van der Waals surface area contributed by atoms with Gasteiger partial charge in [0.15, 0.2) is 0 Å². The lowest BCUT2D eigenvalue weighted by Crippen LogP contribution is -2.17. The summed E-state index contributed by atoms with van der Waals surface area (Å²) in [6.45, 7) is 2.07. The third kappa shape index (κ3) is 4.99. The monoisotopic (exact) mass is 347 g/mol. The highest BCUT2D eigenvalue weighted by Gasteiger charge is 2.14. The van der Waals surface area contributed by atoms with E-state index in [9.17, 15) is 9.59 Å². The Labute approximate surface area is 145 Å². The molecule has 0 atom stereocenters. The number of rotatable bonds is 6. The molecule has 24 heavy (non-hydrogen) atoms. The topological polar surface area (TPSA) is 64.6 Å². The number of esters is 1. The van der Waals surface area contributed by atoms with Gasteiger partial charge in [-0.25, -0.2) is 4.79 Å². The van der Waals surface area contributed by atoms with Crippen molar-refractivity contribution in [3.63, 3.8) is 0 Å². The molecule has 5 nitrogen and oxygen atoms in total. The first kappa shape index (κ1) is 17.8. The van der Waals surface area contributed by atoms with Gasteiger partial charge in [0, 0.05) is 5.02 Å². The first-order chi connectivity index (χ1) is 11.5. The second kappa shape index (κ2) is 8.36. The van der Waals surface area contributed by atoms with Gasteiger partial charge < -0.3 is 14.8 Å². The molecule has 6 heteroatoms. The van der Waals surface area contributed by atoms with Crippen LogP contribution in [-0.2, 0) is 9.53 Å². The van der Waals surface area contributed by atoms with Gasteiger partial charge in [0.05, 0.1) is 31.4 Å². The molecule has 2 rings (SSSR count). The number of halogens is 1. The Morgan fingerprint density at radius 3 is 2.50 bits per heavy atom. The number of hydrogen-bond donors (Lipinski definition) is 1. The van der Waals surface area contributed by atoms with Gasteiger partial charge in [0.1, 0.15) is 5.75 Å². The summed E-state index contributed by atoms with van der Waals surface area (Å²) in [5.41, 5.74) is 1.65. The summed E-state index contributed by atoms with van der Waals surface area (Å²) in [6.07, 6.45) is 0.150. The van der Waals surface area contributed by atoms with E-state index in [-0.39, 0.29) is 18.9 Å². The molecule has 0 saturated carbocycles. The highest BCUT2D eigenvalue weighted by molar-refractivity contribution is 6.30. The summed E-state index contributed by atoms with van der Waals surface area (Å²) < 4.78 is 10.2. The van der Waals surface area contributed by atoms with Crippen LogP contribution in [0.2, 0.25) is 5.02 Å². The molecule has 0 fully saturated rings. The molecule has 0 radical (unpaired) electrons. The summed E-state index contributed by atoms with van der Waals surface area (Å²) in [5, 5.41) is 3.33. The molecular weight excluding hydrogens is 330 g/mol. The maximum atomic E-state index is 12.0. The highest BCUT2D eigenvalue weighted by atomic mass is 35.5. The Balaban J connectivity index is 1.92. The van der Waals surface area contributed by atoms with E-state index in [4.69, 9.17) is 21.1 Å². The van der Waals surface area contributed by atoms with E-state index in [2.05, 4.69) is 5.32 Å². The number of methoxy groups -OCH3 is 1. The third-order valence-electron chi connectivity index (χ3n) is 3.27. The fourth-order valence-corrected chi connectivity index (χ4v) is 2.18. The molecule has 0 spiro atoms. The quantitative estimate of drug-likeness (QED) is 0.806. The molecule has 2 aromatic rings. The standard InChI is InChI=1S/C18H18ClNO4/c1-12-3-8-16(15(11-12)18(22)23-2)20-17(21)9-10-24-14-6-4-13(19)5-7-14/h3-8,11H,9-10H2,1-2H3,(H,20,21). The van der Waals surface area contributed by atoms with E-state index in [0.717, 1.165) is 5.56 Å². The van der Waals surface area contributed by atoms with Crippen LogP contribution in [0.25, 0.3) is 0 Å². The van der Waals surface area contributed by atoms with E-state index in [1.54, 1.807) is 36.4 Å². The number of nitrogens with one attached hydrogen (secondary N) is 1. The molecule has 1 amide bonds. The van der Waals surface area contributed by atoms with Crippen LogP contribution in [0.3, 0.4) is 0 Å². The number of benzene rings is 2. The van der Waals surface area contributed by atoms with E-state index in [1.165, 1.54) is 7.11 Å². The molecule has 0 aliphatic rings. The van der Waals surface area contributed by atoms with Gasteiger partial charge in [-0.2, -0.15) is 0 Å².